The Bertz CT molecular complexity index is 559. The van der Waals surface area contributed by atoms with E-state index in [1.54, 1.807) is 0 Å². The number of hydrogen-bond donors (Lipinski definition) is 1. The molecule has 27 heavy (non-hydrogen) atoms. The van der Waals surface area contributed by atoms with Gasteiger partial charge < -0.3 is 9.84 Å². The molecule has 4 rings (SSSR count). The molecule has 0 spiro atoms. The summed E-state index contributed by atoms with van der Waals surface area (Å²) < 4.78 is 5.82. The van der Waals surface area contributed by atoms with E-state index in [1.165, 1.54) is 37.7 Å². The first-order valence-electron chi connectivity index (χ1n) is 11.0. The van der Waals surface area contributed by atoms with E-state index in [2.05, 4.69) is 40.1 Å². The Morgan fingerprint density at radius 2 is 1.78 bits per heavy atom. The van der Waals surface area contributed by atoms with Crippen molar-refractivity contribution in [2.45, 2.75) is 44.8 Å². The molecule has 150 valence electrons. The molecular formula is C23H36N2O2. The van der Waals surface area contributed by atoms with E-state index < -0.39 is 0 Å². The maximum atomic E-state index is 10.3. The molecule has 1 aromatic rings. The van der Waals surface area contributed by atoms with Gasteiger partial charge in [0.15, 0.2) is 0 Å². The second-order valence-corrected chi connectivity index (χ2v) is 9.01. The topological polar surface area (TPSA) is 35.9 Å². The highest BCUT2D eigenvalue weighted by Crippen LogP contribution is 2.49. The van der Waals surface area contributed by atoms with Crippen LogP contribution < -0.4 is 0 Å². The van der Waals surface area contributed by atoms with Gasteiger partial charge in [0.1, 0.15) is 0 Å². The molecule has 3 fully saturated rings. The number of ether oxygens (including phenoxy) is 1. The number of β-amino-alcohol motifs (C(OH)–C–C–N with tert-alkyl or cyclic N) is 1. The lowest BCUT2D eigenvalue weighted by Gasteiger charge is -2.35. The lowest BCUT2D eigenvalue weighted by molar-refractivity contribution is 0.00188. The molecule has 2 aliphatic carbocycles. The van der Waals surface area contributed by atoms with Crippen molar-refractivity contribution < 1.29 is 9.84 Å². The average molecular weight is 373 g/mol. The first kappa shape index (κ1) is 19.4. The maximum absolute atomic E-state index is 10.3. The summed E-state index contributed by atoms with van der Waals surface area (Å²) in [7, 11) is 0. The van der Waals surface area contributed by atoms with Crippen molar-refractivity contribution in [2.75, 3.05) is 45.9 Å². The lowest BCUT2D eigenvalue weighted by atomic mass is 9.87. The summed E-state index contributed by atoms with van der Waals surface area (Å²) in [6, 6.07) is 10.7. The molecule has 1 heterocycles. The third-order valence-electron chi connectivity index (χ3n) is 7.01. The molecule has 0 aromatic heterocycles. The van der Waals surface area contributed by atoms with Crippen molar-refractivity contribution in [3.8, 4) is 0 Å². The Hall–Kier alpha value is -0.940. The van der Waals surface area contributed by atoms with Gasteiger partial charge in [0.25, 0.3) is 0 Å². The van der Waals surface area contributed by atoms with Crippen molar-refractivity contribution in [1.82, 2.24) is 9.80 Å². The minimum atomic E-state index is -0.356. The predicted molar refractivity (Wildman–Crippen MR) is 109 cm³/mol. The van der Waals surface area contributed by atoms with Gasteiger partial charge in [0.05, 0.1) is 12.7 Å². The maximum Gasteiger partial charge on any atom is 0.0900 e. The lowest BCUT2D eigenvalue weighted by Crippen LogP contribution is -2.48. The molecule has 0 amide bonds. The van der Waals surface area contributed by atoms with Gasteiger partial charge in [-0.15, -0.1) is 0 Å². The van der Waals surface area contributed by atoms with E-state index in [9.17, 15) is 5.11 Å². The van der Waals surface area contributed by atoms with Crippen LogP contribution in [0.25, 0.3) is 0 Å². The van der Waals surface area contributed by atoms with Gasteiger partial charge in [-0.25, -0.2) is 0 Å². The molecule has 4 atom stereocenters. The highest BCUT2D eigenvalue weighted by Gasteiger charge is 2.38. The van der Waals surface area contributed by atoms with E-state index in [1.807, 2.05) is 0 Å². The van der Waals surface area contributed by atoms with E-state index in [0.717, 1.165) is 63.6 Å². The van der Waals surface area contributed by atoms with Crippen LogP contribution in [0.1, 0.15) is 37.7 Å². The number of piperazine rings is 1. The largest absolute Gasteiger partial charge is 0.389 e. The summed E-state index contributed by atoms with van der Waals surface area (Å²) in [5.41, 5.74) is 1.38. The smallest absolute Gasteiger partial charge is 0.0900 e. The minimum Gasteiger partial charge on any atom is -0.389 e. The molecule has 2 bridgehead atoms. The molecule has 1 N–H and O–H groups in total. The molecule has 2 saturated carbocycles. The summed E-state index contributed by atoms with van der Waals surface area (Å²) in [5.74, 6) is 2.90. The zero-order valence-corrected chi connectivity index (χ0v) is 16.6. The van der Waals surface area contributed by atoms with Crippen LogP contribution in [0, 0.1) is 17.8 Å². The summed E-state index contributed by atoms with van der Waals surface area (Å²) in [6.45, 7) is 7.32. The third-order valence-corrected chi connectivity index (χ3v) is 7.01. The average Bonchev–Trinajstić information content (AvgIpc) is 3.31. The van der Waals surface area contributed by atoms with Gasteiger partial charge in [-0.1, -0.05) is 36.8 Å². The number of hydrogen-bond acceptors (Lipinski definition) is 4. The molecule has 3 aliphatic rings. The first-order valence-corrected chi connectivity index (χ1v) is 11.0. The van der Waals surface area contributed by atoms with Crippen LogP contribution in [0.15, 0.2) is 30.3 Å². The van der Waals surface area contributed by atoms with E-state index in [4.69, 9.17) is 4.74 Å². The zero-order chi connectivity index (χ0) is 18.5. The van der Waals surface area contributed by atoms with Crippen LogP contribution in [0.2, 0.25) is 0 Å². The van der Waals surface area contributed by atoms with Crippen molar-refractivity contribution >= 4 is 0 Å². The summed E-state index contributed by atoms with van der Waals surface area (Å²) >= 11 is 0. The van der Waals surface area contributed by atoms with Crippen molar-refractivity contribution in [1.29, 1.82) is 0 Å². The minimum absolute atomic E-state index is 0.356. The summed E-state index contributed by atoms with van der Waals surface area (Å²) in [6.07, 6.45) is 6.68. The van der Waals surface area contributed by atoms with Crippen LogP contribution >= 0.6 is 0 Å². The van der Waals surface area contributed by atoms with E-state index in [0.29, 0.717) is 6.61 Å². The molecule has 1 saturated heterocycles. The molecule has 0 radical (unpaired) electrons. The number of benzene rings is 1. The molecule has 0 unspecified atom stereocenters. The van der Waals surface area contributed by atoms with Crippen LogP contribution in [0.3, 0.4) is 0 Å². The second kappa shape index (κ2) is 9.51. The van der Waals surface area contributed by atoms with Crippen molar-refractivity contribution in [3.05, 3.63) is 35.9 Å². The number of rotatable bonds is 9. The molecule has 1 aromatic carbocycles. The van der Waals surface area contributed by atoms with Crippen molar-refractivity contribution in [3.63, 3.8) is 0 Å². The van der Waals surface area contributed by atoms with Crippen LogP contribution in [0.4, 0.5) is 0 Å². The van der Waals surface area contributed by atoms with Gasteiger partial charge in [-0.3, -0.25) is 9.80 Å². The van der Waals surface area contributed by atoms with E-state index >= 15 is 0 Å². The molecule has 1 aliphatic heterocycles. The number of aliphatic hydroxyl groups is 1. The third kappa shape index (κ3) is 5.54. The fourth-order valence-electron chi connectivity index (χ4n) is 5.51. The highest BCUT2D eigenvalue weighted by atomic mass is 16.5. The zero-order valence-electron chi connectivity index (χ0n) is 16.6. The van der Waals surface area contributed by atoms with Crippen LogP contribution in [-0.2, 0) is 11.3 Å². The molecule has 4 heteroatoms. The normalized spacial score (nSPS) is 30.0. The quantitative estimate of drug-likeness (QED) is 0.676. The number of fused-ring (bicyclic) bond motifs is 2. The number of nitrogens with zero attached hydrogens (tertiary/aromatic N) is 2. The fraction of sp³-hybridized carbons (Fsp3) is 0.739. The highest BCUT2D eigenvalue weighted by molar-refractivity contribution is 5.14. The Morgan fingerprint density at radius 1 is 1.00 bits per heavy atom. The SMILES string of the molecule is O[C@H](COCC[C@H]1C[C@@H]2CC[C@@H]1C2)CN1CCN(Cc2ccccc2)CC1. The Morgan fingerprint density at radius 3 is 2.48 bits per heavy atom. The number of aliphatic hydroxyl groups excluding tert-OH is 1. The fourth-order valence-corrected chi connectivity index (χ4v) is 5.51. The van der Waals surface area contributed by atoms with Crippen molar-refractivity contribution in [2.24, 2.45) is 17.8 Å². The Balaban J connectivity index is 1.06. The van der Waals surface area contributed by atoms with Crippen LogP contribution in [0.5, 0.6) is 0 Å². The predicted octanol–water partition coefficient (Wildman–Crippen LogP) is 3.01. The standard InChI is InChI=1S/C23H36N2O2/c26-23(18-27-13-8-22-15-20-6-7-21(22)14-20)17-25-11-9-24(10-12-25)16-19-4-2-1-3-5-19/h1-5,20-23,26H,6-18H2/t20-,21-,22+,23+/m1/s1. The second-order valence-electron chi connectivity index (χ2n) is 9.01. The Labute approximate surface area is 164 Å². The van der Waals surface area contributed by atoms with Crippen LogP contribution in [-0.4, -0.2) is 66.9 Å². The van der Waals surface area contributed by atoms with Gasteiger partial charge in [0.2, 0.25) is 0 Å². The summed E-state index contributed by atoms with van der Waals surface area (Å²) in [5, 5.41) is 10.3. The molecular weight excluding hydrogens is 336 g/mol. The van der Waals surface area contributed by atoms with Gasteiger partial charge in [-0.2, -0.15) is 0 Å². The van der Waals surface area contributed by atoms with E-state index in [-0.39, 0.29) is 6.10 Å². The monoisotopic (exact) mass is 372 g/mol. The first-order chi connectivity index (χ1) is 13.3. The van der Waals surface area contributed by atoms with Gasteiger partial charge in [0, 0.05) is 45.9 Å². The molecule has 4 nitrogen and oxygen atoms in total. The Kier molecular flexibility index (Phi) is 6.82. The van der Waals surface area contributed by atoms with Gasteiger partial charge >= 0.3 is 0 Å². The summed E-state index contributed by atoms with van der Waals surface area (Å²) in [4.78, 5) is 4.88. The van der Waals surface area contributed by atoms with Gasteiger partial charge in [-0.05, 0) is 49.0 Å².